The quantitative estimate of drug-likeness (QED) is 0.876. The van der Waals surface area contributed by atoms with Gasteiger partial charge in [-0.3, -0.25) is 4.90 Å². The molecule has 0 bridgehead atoms. The van der Waals surface area contributed by atoms with Gasteiger partial charge in [-0.15, -0.1) is 0 Å². The van der Waals surface area contributed by atoms with Gasteiger partial charge >= 0.3 is 0 Å². The van der Waals surface area contributed by atoms with Crippen LogP contribution in [0, 0.1) is 5.82 Å². The van der Waals surface area contributed by atoms with Crippen LogP contribution >= 0.6 is 11.6 Å². The highest BCUT2D eigenvalue weighted by molar-refractivity contribution is 7.87. The van der Waals surface area contributed by atoms with Crippen molar-refractivity contribution in [2.45, 2.75) is 25.4 Å². The third-order valence-electron chi connectivity index (χ3n) is 3.25. The number of likely N-dealkylation sites (tertiary alicyclic amines) is 1. The van der Waals surface area contributed by atoms with Crippen LogP contribution in [0.25, 0.3) is 0 Å². The molecule has 20 heavy (non-hydrogen) atoms. The van der Waals surface area contributed by atoms with Crippen LogP contribution in [-0.2, 0) is 16.8 Å². The van der Waals surface area contributed by atoms with Crippen molar-refractivity contribution in [1.29, 1.82) is 0 Å². The number of hydrogen-bond acceptors (Lipinski definition) is 3. The lowest BCUT2D eigenvalue weighted by Gasteiger charge is -2.32. The Morgan fingerprint density at radius 1 is 1.50 bits per heavy atom. The van der Waals surface area contributed by atoms with Gasteiger partial charge < -0.3 is 0 Å². The summed E-state index contributed by atoms with van der Waals surface area (Å²) < 4.78 is 37.5. The van der Waals surface area contributed by atoms with E-state index in [1.54, 1.807) is 6.07 Å². The zero-order valence-electron chi connectivity index (χ0n) is 10.9. The predicted octanol–water partition coefficient (Wildman–Crippen LogP) is 1.24. The lowest BCUT2D eigenvalue weighted by Crippen LogP contribution is -2.49. The van der Waals surface area contributed by atoms with E-state index in [1.165, 1.54) is 12.1 Å². The first kappa shape index (κ1) is 15.7. The molecule has 1 heterocycles. The van der Waals surface area contributed by atoms with E-state index < -0.39 is 10.2 Å². The van der Waals surface area contributed by atoms with Crippen LogP contribution in [-0.4, -0.2) is 32.4 Å². The highest BCUT2D eigenvalue weighted by atomic mass is 35.5. The van der Waals surface area contributed by atoms with Crippen molar-refractivity contribution >= 4 is 21.8 Å². The lowest BCUT2D eigenvalue weighted by molar-refractivity contribution is 0.194. The van der Waals surface area contributed by atoms with Crippen LogP contribution in [0.2, 0.25) is 5.02 Å². The molecule has 1 aromatic carbocycles. The van der Waals surface area contributed by atoms with E-state index in [9.17, 15) is 12.8 Å². The van der Waals surface area contributed by atoms with Gasteiger partial charge in [0.15, 0.2) is 0 Å². The topological polar surface area (TPSA) is 75.4 Å². The molecule has 3 N–H and O–H groups in total. The molecular weight excluding hydrogens is 305 g/mol. The van der Waals surface area contributed by atoms with Gasteiger partial charge in [-0.1, -0.05) is 17.7 Å². The fourth-order valence-electron chi connectivity index (χ4n) is 2.42. The zero-order chi connectivity index (χ0) is 14.8. The van der Waals surface area contributed by atoms with Crippen molar-refractivity contribution < 1.29 is 12.8 Å². The molecule has 1 atom stereocenters. The van der Waals surface area contributed by atoms with Gasteiger partial charge in [0.05, 0.1) is 0 Å². The summed E-state index contributed by atoms with van der Waals surface area (Å²) in [6.07, 6.45) is 1.62. The number of hydrogen-bond donors (Lipinski definition) is 2. The Morgan fingerprint density at radius 3 is 2.90 bits per heavy atom. The molecule has 1 saturated heterocycles. The summed E-state index contributed by atoms with van der Waals surface area (Å²) >= 11 is 5.99. The number of nitrogens with one attached hydrogen (secondary N) is 1. The van der Waals surface area contributed by atoms with Crippen molar-refractivity contribution in [3.8, 4) is 0 Å². The average molecular weight is 322 g/mol. The lowest BCUT2D eigenvalue weighted by atomic mass is 10.1. The first-order valence-corrected chi connectivity index (χ1v) is 8.22. The highest BCUT2D eigenvalue weighted by Crippen LogP contribution is 2.21. The van der Waals surface area contributed by atoms with Gasteiger partial charge in [0.25, 0.3) is 10.2 Å². The number of piperidine rings is 1. The summed E-state index contributed by atoms with van der Waals surface area (Å²) in [6, 6.07) is 4.10. The van der Waals surface area contributed by atoms with E-state index in [2.05, 4.69) is 9.62 Å². The van der Waals surface area contributed by atoms with Crippen molar-refractivity contribution in [3.63, 3.8) is 0 Å². The van der Waals surface area contributed by atoms with Gasteiger partial charge in [0, 0.05) is 24.2 Å². The maximum absolute atomic E-state index is 13.0. The van der Waals surface area contributed by atoms with E-state index in [0.717, 1.165) is 24.9 Å². The summed E-state index contributed by atoms with van der Waals surface area (Å²) in [4.78, 5) is 2.07. The molecule has 0 amide bonds. The van der Waals surface area contributed by atoms with Crippen LogP contribution in [0.3, 0.4) is 0 Å². The standard InChI is InChI=1S/C12H17ClFN3O2S/c13-12-6-10(14)4-3-9(12)7-17-5-1-2-11(8-17)16-20(15,18)19/h3-4,6,11,16H,1-2,5,7-8H2,(H2,15,18,19). The van der Waals surface area contributed by atoms with E-state index in [1.807, 2.05) is 0 Å². The summed E-state index contributed by atoms with van der Waals surface area (Å²) in [5.41, 5.74) is 0.823. The Balaban J connectivity index is 1.99. The Kier molecular flexibility index (Phi) is 4.98. The van der Waals surface area contributed by atoms with Crippen molar-refractivity contribution in [2.75, 3.05) is 13.1 Å². The minimum Gasteiger partial charge on any atom is -0.297 e. The Morgan fingerprint density at radius 2 is 2.25 bits per heavy atom. The third-order valence-corrected chi connectivity index (χ3v) is 4.26. The monoisotopic (exact) mass is 321 g/mol. The predicted molar refractivity (Wildman–Crippen MR) is 76.0 cm³/mol. The number of halogens is 2. The molecule has 0 saturated carbocycles. The molecular formula is C12H17ClFN3O2S. The minimum absolute atomic E-state index is 0.196. The van der Waals surface area contributed by atoms with Crippen LogP contribution in [0.15, 0.2) is 18.2 Å². The smallest absolute Gasteiger partial charge is 0.274 e. The maximum atomic E-state index is 13.0. The van der Waals surface area contributed by atoms with Crippen molar-refractivity contribution in [1.82, 2.24) is 9.62 Å². The molecule has 2 rings (SSSR count). The Bertz CT molecular complexity index is 582. The zero-order valence-corrected chi connectivity index (χ0v) is 12.4. The van der Waals surface area contributed by atoms with Crippen molar-refractivity contribution in [2.24, 2.45) is 5.14 Å². The largest absolute Gasteiger partial charge is 0.297 e. The number of nitrogens with two attached hydrogens (primary N) is 1. The fourth-order valence-corrected chi connectivity index (χ4v) is 3.30. The first-order valence-electron chi connectivity index (χ1n) is 6.30. The van der Waals surface area contributed by atoms with Crippen LogP contribution in [0.1, 0.15) is 18.4 Å². The minimum atomic E-state index is -3.69. The molecule has 1 fully saturated rings. The summed E-state index contributed by atoms with van der Waals surface area (Å²) in [5.74, 6) is -0.369. The second kappa shape index (κ2) is 6.36. The van der Waals surface area contributed by atoms with E-state index >= 15 is 0 Å². The number of nitrogens with zero attached hydrogens (tertiary/aromatic N) is 1. The fraction of sp³-hybridized carbons (Fsp3) is 0.500. The molecule has 5 nitrogen and oxygen atoms in total. The SMILES string of the molecule is NS(=O)(=O)NC1CCCN(Cc2ccc(F)cc2Cl)C1. The summed E-state index contributed by atoms with van der Waals surface area (Å²) in [6.45, 7) is 1.96. The molecule has 0 aromatic heterocycles. The molecule has 8 heteroatoms. The Labute approximate surface area is 123 Å². The molecule has 0 radical (unpaired) electrons. The highest BCUT2D eigenvalue weighted by Gasteiger charge is 2.23. The van der Waals surface area contributed by atoms with Crippen LogP contribution in [0.5, 0.6) is 0 Å². The van der Waals surface area contributed by atoms with Crippen LogP contribution in [0.4, 0.5) is 4.39 Å². The average Bonchev–Trinajstić information content (AvgIpc) is 2.31. The third kappa shape index (κ3) is 4.68. The van der Waals surface area contributed by atoms with Gasteiger partial charge in [0.1, 0.15) is 5.82 Å². The maximum Gasteiger partial charge on any atom is 0.274 e. The molecule has 0 aliphatic carbocycles. The number of benzene rings is 1. The van der Waals surface area contributed by atoms with Gasteiger partial charge in [-0.2, -0.15) is 13.1 Å². The Hall–Kier alpha value is -0.730. The van der Waals surface area contributed by atoms with E-state index in [4.69, 9.17) is 16.7 Å². The number of rotatable bonds is 4. The van der Waals surface area contributed by atoms with Gasteiger partial charge in [-0.25, -0.2) is 9.53 Å². The molecule has 112 valence electrons. The van der Waals surface area contributed by atoms with Crippen LogP contribution < -0.4 is 9.86 Å². The summed E-state index contributed by atoms with van der Waals surface area (Å²) in [5, 5.41) is 5.37. The van der Waals surface area contributed by atoms with E-state index in [0.29, 0.717) is 18.1 Å². The molecule has 1 aliphatic heterocycles. The molecule has 1 unspecified atom stereocenters. The second-order valence-corrected chi connectivity index (χ2v) is 6.71. The molecule has 1 aliphatic rings. The second-order valence-electron chi connectivity index (χ2n) is 4.97. The first-order chi connectivity index (χ1) is 9.33. The normalized spacial score (nSPS) is 21.1. The van der Waals surface area contributed by atoms with Gasteiger partial charge in [-0.05, 0) is 37.1 Å². The van der Waals surface area contributed by atoms with E-state index in [-0.39, 0.29) is 11.9 Å². The van der Waals surface area contributed by atoms with Gasteiger partial charge in [0.2, 0.25) is 0 Å². The van der Waals surface area contributed by atoms with Crippen molar-refractivity contribution in [3.05, 3.63) is 34.6 Å². The molecule has 0 spiro atoms. The molecule has 1 aromatic rings. The summed E-state index contributed by atoms with van der Waals surface area (Å²) in [7, 11) is -3.69.